The average Bonchev–Trinajstić information content (AvgIpc) is 3.22. The SMILES string of the molecule is CN(C)[C@@H]1[C@@H](NC(=O)c2ccc(N3CCCC3)c(Cl)c2)[C@H]2CCO[C@H]21. The Balaban J connectivity index is 1.46. The van der Waals surface area contributed by atoms with E-state index < -0.39 is 0 Å². The fourth-order valence-electron chi connectivity index (χ4n) is 4.58. The second-order valence-corrected chi connectivity index (χ2v) is 8.01. The predicted molar refractivity (Wildman–Crippen MR) is 99.5 cm³/mol. The van der Waals surface area contributed by atoms with Crippen molar-refractivity contribution in [2.24, 2.45) is 5.92 Å². The van der Waals surface area contributed by atoms with E-state index in [1.165, 1.54) is 12.8 Å². The molecule has 4 rings (SSSR count). The molecule has 1 N–H and O–H groups in total. The molecule has 25 heavy (non-hydrogen) atoms. The van der Waals surface area contributed by atoms with E-state index in [-0.39, 0.29) is 24.1 Å². The molecule has 2 heterocycles. The van der Waals surface area contributed by atoms with Crippen LogP contribution in [0.15, 0.2) is 18.2 Å². The summed E-state index contributed by atoms with van der Waals surface area (Å²) in [5, 5.41) is 3.88. The molecular formula is C19H26ClN3O2. The first kappa shape index (κ1) is 17.1. The number of amides is 1. The highest BCUT2D eigenvalue weighted by Crippen LogP contribution is 2.41. The fourth-order valence-corrected chi connectivity index (χ4v) is 4.88. The van der Waals surface area contributed by atoms with Crippen LogP contribution in [0.4, 0.5) is 5.69 Å². The zero-order valence-corrected chi connectivity index (χ0v) is 15.6. The van der Waals surface area contributed by atoms with Gasteiger partial charge < -0.3 is 19.9 Å². The van der Waals surface area contributed by atoms with Gasteiger partial charge in [-0.3, -0.25) is 4.79 Å². The number of rotatable bonds is 4. The van der Waals surface area contributed by atoms with Crippen LogP contribution in [0.25, 0.3) is 0 Å². The topological polar surface area (TPSA) is 44.8 Å². The Morgan fingerprint density at radius 3 is 2.76 bits per heavy atom. The molecule has 0 unspecified atom stereocenters. The molecule has 3 fully saturated rings. The highest BCUT2D eigenvalue weighted by molar-refractivity contribution is 6.33. The van der Waals surface area contributed by atoms with Gasteiger partial charge in [-0.1, -0.05) is 11.6 Å². The Labute approximate surface area is 154 Å². The Bertz CT molecular complexity index is 660. The molecule has 0 radical (unpaired) electrons. The quantitative estimate of drug-likeness (QED) is 0.892. The maximum absolute atomic E-state index is 12.7. The van der Waals surface area contributed by atoms with Crippen molar-refractivity contribution in [1.29, 1.82) is 0 Å². The van der Waals surface area contributed by atoms with Crippen LogP contribution in [0.5, 0.6) is 0 Å². The van der Waals surface area contributed by atoms with E-state index in [2.05, 4.69) is 15.1 Å². The van der Waals surface area contributed by atoms with Crippen LogP contribution >= 0.6 is 11.6 Å². The molecule has 4 atom stereocenters. The number of benzene rings is 1. The summed E-state index contributed by atoms with van der Waals surface area (Å²) in [6, 6.07) is 6.06. The number of nitrogens with one attached hydrogen (secondary N) is 1. The molecular weight excluding hydrogens is 338 g/mol. The van der Waals surface area contributed by atoms with Crippen molar-refractivity contribution in [3.05, 3.63) is 28.8 Å². The van der Waals surface area contributed by atoms with Crippen molar-refractivity contribution in [3.63, 3.8) is 0 Å². The van der Waals surface area contributed by atoms with E-state index in [9.17, 15) is 4.79 Å². The zero-order chi connectivity index (χ0) is 17.6. The highest BCUT2D eigenvalue weighted by Gasteiger charge is 2.55. The second kappa shape index (κ2) is 6.78. The third-order valence-electron chi connectivity index (χ3n) is 5.90. The maximum Gasteiger partial charge on any atom is 0.251 e. The number of halogens is 1. The molecule has 0 spiro atoms. The number of anilines is 1. The van der Waals surface area contributed by atoms with Crippen molar-refractivity contribution in [3.8, 4) is 0 Å². The standard InChI is InChI=1S/C19H26ClN3O2/c1-22(2)17-16(13-7-10-25-18(13)17)21-19(24)12-5-6-15(14(20)11-12)23-8-3-4-9-23/h5-6,11,13,16-18H,3-4,7-10H2,1-2H3,(H,21,24)/t13-,16+,17-,18-/m1/s1. The number of likely N-dealkylation sites (N-methyl/N-ethyl adjacent to an activating group) is 1. The van der Waals surface area contributed by atoms with Gasteiger partial charge in [0.1, 0.15) is 0 Å². The molecule has 2 aliphatic heterocycles. The minimum atomic E-state index is -0.0444. The van der Waals surface area contributed by atoms with Gasteiger partial charge in [-0.2, -0.15) is 0 Å². The Morgan fingerprint density at radius 2 is 2.08 bits per heavy atom. The number of nitrogens with zero attached hydrogens (tertiary/aromatic N) is 2. The van der Waals surface area contributed by atoms with Gasteiger partial charge in [-0.25, -0.2) is 0 Å². The Morgan fingerprint density at radius 1 is 1.32 bits per heavy atom. The van der Waals surface area contributed by atoms with Crippen molar-refractivity contribution in [2.45, 2.75) is 37.5 Å². The predicted octanol–water partition coefficient (Wildman–Crippen LogP) is 2.39. The van der Waals surface area contributed by atoms with Crippen LogP contribution in [0.1, 0.15) is 29.6 Å². The molecule has 136 valence electrons. The lowest BCUT2D eigenvalue weighted by Gasteiger charge is -2.50. The van der Waals surface area contributed by atoms with E-state index in [1.807, 2.05) is 26.2 Å². The van der Waals surface area contributed by atoms with Gasteiger partial charge in [0.15, 0.2) is 0 Å². The second-order valence-electron chi connectivity index (χ2n) is 7.60. The first-order chi connectivity index (χ1) is 12.1. The smallest absolute Gasteiger partial charge is 0.251 e. The third-order valence-corrected chi connectivity index (χ3v) is 6.20. The van der Waals surface area contributed by atoms with Crippen LogP contribution in [0.2, 0.25) is 5.02 Å². The fraction of sp³-hybridized carbons (Fsp3) is 0.632. The van der Waals surface area contributed by atoms with E-state index in [0.717, 1.165) is 31.8 Å². The summed E-state index contributed by atoms with van der Waals surface area (Å²) in [5.74, 6) is 0.382. The van der Waals surface area contributed by atoms with Crippen LogP contribution in [-0.4, -0.2) is 62.8 Å². The molecule has 1 aliphatic carbocycles. The normalized spacial score (nSPS) is 31.1. The largest absolute Gasteiger partial charge is 0.376 e. The van der Waals surface area contributed by atoms with Gasteiger partial charge in [-0.15, -0.1) is 0 Å². The van der Waals surface area contributed by atoms with Gasteiger partial charge in [0.25, 0.3) is 5.91 Å². The van der Waals surface area contributed by atoms with E-state index >= 15 is 0 Å². The van der Waals surface area contributed by atoms with Crippen molar-refractivity contribution in [1.82, 2.24) is 10.2 Å². The summed E-state index contributed by atoms with van der Waals surface area (Å²) in [4.78, 5) is 17.2. The minimum Gasteiger partial charge on any atom is -0.376 e. The zero-order valence-electron chi connectivity index (χ0n) is 14.9. The summed E-state index contributed by atoms with van der Waals surface area (Å²) < 4.78 is 5.82. The van der Waals surface area contributed by atoms with Gasteiger partial charge in [0.05, 0.1) is 28.9 Å². The Kier molecular flexibility index (Phi) is 4.65. The lowest BCUT2D eigenvalue weighted by Crippen LogP contribution is -2.69. The van der Waals surface area contributed by atoms with Crippen molar-refractivity contribution < 1.29 is 9.53 Å². The summed E-state index contributed by atoms with van der Waals surface area (Å²) >= 11 is 6.46. The van der Waals surface area contributed by atoms with Gasteiger partial charge in [0, 0.05) is 31.2 Å². The van der Waals surface area contributed by atoms with Gasteiger partial charge in [-0.05, 0) is 51.6 Å². The minimum absolute atomic E-state index is 0.0444. The molecule has 6 heteroatoms. The maximum atomic E-state index is 12.7. The molecule has 1 aromatic rings. The summed E-state index contributed by atoms with van der Waals surface area (Å²) in [7, 11) is 4.09. The first-order valence-electron chi connectivity index (χ1n) is 9.19. The van der Waals surface area contributed by atoms with E-state index in [0.29, 0.717) is 16.5 Å². The molecule has 1 amide bonds. The molecule has 1 saturated carbocycles. The third kappa shape index (κ3) is 3.03. The van der Waals surface area contributed by atoms with Crippen molar-refractivity contribution >= 4 is 23.2 Å². The number of carbonyl (C=O) groups is 1. The number of hydrogen-bond donors (Lipinski definition) is 1. The number of fused-ring (bicyclic) bond motifs is 1. The van der Waals surface area contributed by atoms with E-state index in [4.69, 9.17) is 16.3 Å². The van der Waals surface area contributed by atoms with Crippen LogP contribution in [-0.2, 0) is 4.74 Å². The lowest BCUT2D eigenvalue weighted by molar-refractivity contribution is -0.0664. The van der Waals surface area contributed by atoms with Crippen molar-refractivity contribution in [2.75, 3.05) is 38.7 Å². The first-order valence-corrected chi connectivity index (χ1v) is 9.57. The molecule has 0 aromatic heterocycles. The Hall–Kier alpha value is -1.30. The average molecular weight is 364 g/mol. The molecule has 2 saturated heterocycles. The van der Waals surface area contributed by atoms with Crippen LogP contribution in [0, 0.1) is 5.92 Å². The summed E-state index contributed by atoms with van der Waals surface area (Å²) in [5.41, 5.74) is 1.67. The number of carbonyl (C=O) groups excluding carboxylic acids is 1. The lowest BCUT2D eigenvalue weighted by atomic mass is 9.71. The summed E-state index contributed by atoms with van der Waals surface area (Å²) in [6.07, 6.45) is 3.68. The van der Waals surface area contributed by atoms with Gasteiger partial charge in [0.2, 0.25) is 0 Å². The van der Waals surface area contributed by atoms with Crippen LogP contribution < -0.4 is 10.2 Å². The highest BCUT2D eigenvalue weighted by atomic mass is 35.5. The van der Waals surface area contributed by atoms with Gasteiger partial charge >= 0.3 is 0 Å². The monoisotopic (exact) mass is 363 g/mol. The number of hydrogen-bond acceptors (Lipinski definition) is 4. The van der Waals surface area contributed by atoms with Crippen LogP contribution in [0.3, 0.4) is 0 Å². The summed E-state index contributed by atoms with van der Waals surface area (Å²) in [6.45, 7) is 2.88. The molecule has 0 bridgehead atoms. The molecule has 5 nitrogen and oxygen atoms in total. The molecule has 3 aliphatic rings. The number of ether oxygens (including phenoxy) is 1. The molecule has 1 aromatic carbocycles. The van der Waals surface area contributed by atoms with E-state index in [1.54, 1.807) is 6.07 Å².